The number of fused-ring (bicyclic) bond motifs is 2. The maximum absolute atomic E-state index is 14.4. The third-order valence-corrected chi connectivity index (χ3v) is 6.11. The summed E-state index contributed by atoms with van der Waals surface area (Å²) >= 11 is 1.28. The van der Waals surface area contributed by atoms with Crippen LogP contribution in [0, 0.1) is 11.7 Å². The number of H-pyrrole nitrogens is 1. The molecule has 4 aromatic rings. The zero-order valence-electron chi connectivity index (χ0n) is 16.5. The number of ether oxygens (including phenoxy) is 1. The van der Waals surface area contributed by atoms with Crippen molar-refractivity contribution in [1.82, 2.24) is 15.3 Å². The van der Waals surface area contributed by atoms with Crippen LogP contribution in [0.3, 0.4) is 0 Å². The molecule has 2 aromatic heterocycles. The summed E-state index contributed by atoms with van der Waals surface area (Å²) in [5, 5.41) is 3.54. The van der Waals surface area contributed by atoms with Crippen LogP contribution >= 0.6 is 11.3 Å². The van der Waals surface area contributed by atoms with Gasteiger partial charge in [-0.15, -0.1) is 11.3 Å². The first-order valence-electron chi connectivity index (χ1n) is 9.44. The van der Waals surface area contributed by atoms with E-state index in [-0.39, 0.29) is 30.3 Å². The molecular weight excluding hydrogens is 389 g/mol. The SMILES string of the molecule is COCc1c(C(=O)N[C@H](c2nc3ccccc3[nH]2)C(C)C)sc2cccc(F)c12. The van der Waals surface area contributed by atoms with Crippen molar-refractivity contribution >= 4 is 38.4 Å². The number of thiophene rings is 1. The number of methoxy groups -OCH3 is 1. The highest BCUT2D eigenvalue weighted by Gasteiger charge is 2.26. The summed E-state index contributed by atoms with van der Waals surface area (Å²) in [6.07, 6.45) is 0. The van der Waals surface area contributed by atoms with E-state index in [9.17, 15) is 9.18 Å². The number of nitrogens with zero attached hydrogens (tertiary/aromatic N) is 1. The molecule has 1 amide bonds. The minimum atomic E-state index is -0.345. The number of hydrogen-bond donors (Lipinski definition) is 2. The summed E-state index contributed by atoms with van der Waals surface area (Å²) in [5.41, 5.74) is 2.35. The molecular formula is C22H22FN3O2S. The minimum Gasteiger partial charge on any atom is -0.380 e. The van der Waals surface area contributed by atoms with E-state index in [4.69, 9.17) is 4.74 Å². The summed E-state index contributed by atoms with van der Waals surface area (Å²) < 4.78 is 20.4. The lowest BCUT2D eigenvalue weighted by molar-refractivity contribution is 0.0923. The fourth-order valence-electron chi connectivity index (χ4n) is 3.51. The van der Waals surface area contributed by atoms with Crippen LogP contribution in [0.1, 0.15) is 40.9 Å². The van der Waals surface area contributed by atoms with Gasteiger partial charge in [0.15, 0.2) is 0 Å². The first-order chi connectivity index (χ1) is 14.0. The molecule has 0 radical (unpaired) electrons. The predicted molar refractivity (Wildman–Crippen MR) is 114 cm³/mol. The van der Waals surface area contributed by atoms with Crippen molar-refractivity contribution in [2.24, 2.45) is 5.92 Å². The average Bonchev–Trinajstić information content (AvgIpc) is 3.28. The molecule has 1 atom stereocenters. The Bertz CT molecular complexity index is 1150. The van der Waals surface area contributed by atoms with E-state index in [1.165, 1.54) is 24.5 Å². The highest BCUT2D eigenvalue weighted by atomic mass is 32.1. The van der Waals surface area contributed by atoms with Crippen LogP contribution in [0.5, 0.6) is 0 Å². The van der Waals surface area contributed by atoms with Gasteiger partial charge in [-0.05, 0) is 30.2 Å². The van der Waals surface area contributed by atoms with Gasteiger partial charge in [0.25, 0.3) is 5.91 Å². The van der Waals surface area contributed by atoms with Gasteiger partial charge in [-0.3, -0.25) is 4.79 Å². The zero-order valence-corrected chi connectivity index (χ0v) is 17.3. The number of hydrogen-bond acceptors (Lipinski definition) is 4. The Morgan fingerprint density at radius 1 is 1.24 bits per heavy atom. The van der Waals surface area contributed by atoms with Gasteiger partial charge >= 0.3 is 0 Å². The molecule has 29 heavy (non-hydrogen) atoms. The number of aromatic amines is 1. The molecule has 2 aromatic carbocycles. The van der Waals surface area contributed by atoms with Crippen LogP contribution in [0.15, 0.2) is 42.5 Å². The van der Waals surface area contributed by atoms with Gasteiger partial charge < -0.3 is 15.0 Å². The number of benzene rings is 2. The molecule has 7 heteroatoms. The number of aromatic nitrogens is 2. The largest absolute Gasteiger partial charge is 0.380 e. The van der Waals surface area contributed by atoms with Crippen molar-refractivity contribution in [2.75, 3.05) is 7.11 Å². The lowest BCUT2D eigenvalue weighted by atomic mass is 10.0. The Hall–Kier alpha value is -2.77. The van der Waals surface area contributed by atoms with Crippen molar-refractivity contribution in [3.05, 3.63) is 64.5 Å². The highest BCUT2D eigenvalue weighted by molar-refractivity contribution is 7.21. The molecule has 0 unspecified atom stereocenters. The van der Waals surface area contributed by atoms with Crippen molar-refractivity contribution in [3.63, 3.8) is 0 Å². The molecule has 0 aliphatic heterocycles. The second kappa shape index (κ2) is 7.93. The van der Waals surface area contributed by atoms with Gasteiger partial charge in [0.1, 0.15) is 11.6 Å². The molecule has 0 bridgehead atoms. The molecule has 4 rings (SSSR count). The molecule has 0 fully saturated rings. The van der Waals surface area contributed by atoms with Gasteiger partial charge in [-0.25, -0.2) is 9.37 Å². The molecule has 0 spiro atoms. The number of carbonyl (C=O) groups is 1. The van der Waals surface area contributed by atoms with E-state index >= 15 is 0 Å². The first kappa shape index (κ1) is 19.5. The molecule has 5 nitrogen and oxygen atoms in total. The number of carbonyl (C=O) groups excluding carboxylic acids is 1. The summed E-state index contributed by atoms with van der Waals surface area (Å²) in [6.45, 7) is 4.22. The Balaban J connectivity index is 1.71. The first-order valence-corrected chi connectivity index (χ1v) is 10.3. The van der Waals surface area contributed by atoms with E-state index in [1.807, 2.05) is 44.2 Å². The number of amides is 1. The van der Waals surface area contributed by atoms with Gasteiger partial charge in [-0.1, -0.05) is 32.0 Å². The molecule has 0 saturated heterocycles. The monoisotopic (exact) mass is 411 g/mol. The normalized spacial score (nSPS) is 12.7. The third kappa shape index (κ3) is 3.63. The van der Waals surface area contributed by atoms with Crippen molar-refractivity contribution in [1.29, 1.82) is 0 Å². The quantitative estimate of drug-likeness (QED) is 0.459. The fourth-order valence-corrected chi connectivity index (χ4v) is 4.64. The van der Waals surface area contributed by atoms with Crippen molar-refractivity contribution in [2.45, 2.75) is 26.5 Å². The highest BCUT2D eigenvalue weighted by Crippen LogP contribution is 2.34. The van der Waals surface area contributed by atoms with Crippen LogP contribution < -0.4 is 5.32 Å². The number of imidazole rings is 1. The van der Waals surface area contributed by atoms with Gasteiger partial charge in [-0.2, -0.15) is 0 Å². The summed E-state index contributed by atoms with van der Waals surface area (Å²) in [4.78, 5) is 21.6. The maximum Gasteiger partial charge on any atom is 0.262 e. The molecule has 2 N–H and O–H groups in total. The summed E-state index contributed by atoms with van der Waals surface area (Å²) in [5.74, 6) is 0.214. The van der Waals surface area contributed by atoms with E-state index in [0.717, 1.165) is 15.7 Å². The maximum atomic E-state index is 14.4. The van der Waals surface area contributed by atoms with Crippen LogP contribution in [0.4, 0.5) is 4.39 Å². The van der Waals surface area contributed by atoms with Gasteiger partial charge in [0.2, 0.25) is 0 Å². The summed E-state index contributed by atoms with van der Waals surface area (Å²) in [6, 6.07) is 12.3. The van der Waals surface area contributed by atoms with Crippen LogP contribution in [0.2, 0.25) is 0 Å². The number of para-hydroxylation sites is 2. The fraction of sp³-hybridized carbons (Fsp3) is 0.273. The van der Waals surface area contributed by atoms with E-state index in [0.29, 0.717) is 21.7 Å². The van der Waals surface area contributed by atoms with E-state index in [1.54, 1.807) is 6.07 Å². The van der Waals surface area contributed by atoms with Gasteiger partial charge in [0.05, 0.1) is 28.6 Å². The standard InChI is InChI=1S/C22H22FN3O2S/c1-12(2)19(21-24-15-8-4-5-9-16(15)25-21)26-22(27)20-13(11-28-3)18-14(23)7-6-10-17(18)29-20/h4-10,12,19H,11H2,1-3H3,(H,24,25)(H,26,27)/t19-/m0/s1. The van der Waals surface area contributed by atoms with Crippen molar-refractivity contribution in [3.8, 4) is 0 Å². The van der Waals surface area contributed by atoms with Gasteiger partial charge in [0, 0.05) is 22.8 Å². The topological polar surface area (TPSA) is 67.0 Å². The minimum absolute atomic E-state index is 0.108. The molecule has 0 saturated carbocycles. The van der Waals surface area contributed by atoms with E-state index in [2.05, 4.69) is 15.3 Å². The Morgan fingerprint density at radius 3 is 2.76 bits per heavy atom. The molecule has 0 aliphatic rings. The second-order valence-electron chi connectivity index (χ2n) is 7.29. The number of halogens is 1. The third-order valence-electron chi connectivity index (χ3n) is 4.91. The smallest absolute Gasteiger partial charge is 0.262 e. The molecule has 150 valence electrons. The van der Waals surface area contributed by atoms with Crippen molar-refractivity contribution < 1.29 is 13.9 Å². The van der Waals surface area contributed by atoms with Crippen LogP contribution in [-0.2, 0) is 11.3 Å². The lowest BCUT2D eigenvalue weighted by Crippen LogP contribution is -2.32. The number of rotatable bonds is 6. The predicted octanol–water partition coefficient (Wildman–Crippen LogP) is 5.19. The number of nitrogens with one attached hydrogen (secondary N) is 2. The zero-order chi connectivity index (χ0) is 20.5. The molecule has 0 aliphatic carbocycles. The van der Waals surface area contributed by atoms with Crippen LogP contribution in [-0.4, -0.2) is 23.0 Å². The Morgan fingerprint density at radius 2 is 2.03 bits per heavy atom. The lowest BCUT2D eigenvalue weighted by Gasteiger charge is -2.20. The Labute approximate surface area is 171 Å². The summed E-state index contributed by atoms with van der Waals surface area (Å²) in [7, 11) is 1.54. The Kier molecular flexibility index (Phi) is 5.34. The average molecular weight is 412 g/mol. The van der Waals surface area contributed by atoms with E-state index < -0.39 is 0 Å². The van der Waals surface area contributed by atoms with Crippen LogP contribution in [0.25, 0.3) is 21.1 Å². The molecule has 2 heterocycles. The second-order valence-corrected chi connectivity index (χ2v) is 8.34.